The maximum atomic E-state index is 12.1. The summed E-state index contributed by atoms with van der Waals surface area (Å²) in [5.41, 5.74) is 0.671. The second-order valence-corrected chi connectivity index (χ2v) is 5.25. The number of piperazine rings is 1. The monoisotopic (exact) mass is 248 g/mol. The summed E-state index contributed by atoms with van der Waals surface area (Å²) in [6.45, 7) is 3.74. The number of amides is 1. The zero-order valence-electron chi connectivity index (χ0n) is 10.6. The Hall–Kier alpha value is -1.36. The van der Waals surface area contributed by atoms with Gasteiger partial charge in [-0.05, 0) is 12.8 Å². The lowest BCUT2D eigenvalue weighted by molar-refractivity contribution is 0.0573. The number of hydrogen-bond acceptors (Lipinski definition) is 3. The molecule has 0 spiro atoms. The molecule has 0 radical (unpaired) electrons. The Labute approximate surface area is 107 Å². The van der Waals surface area contributed by atoms with E-state index in [-0.39, 0.29) is 5.91 Å². The number of aromatic amines is 1. The number of nitrogens with zero attached hydrogens (tertiary/aromatic N) is 3. The Morgan fingerprint density at radius 2 is 1.94 bits per heavy atom. The van der Waals surface area contributed by atoms with Crippen LogP contribution in [-0.2, 0) is 0 Å². The van der Waals surface area contributed by atoms with Gasteiger partial charge in [0.15, 0.2) is 0 Å². The first-order valence-corrected chi connectivity index (χ1v) is 6.87. The molecule has 5 nitrogen and oxygen atoms in total. The van der Waals surface area contributed by atoms with E-state index in [9.17, 15) is 4.79 Å². The van der Waals surface area contributed by atoms with Crippen LogP contribution in [0.1, 0.15) is 36.0 Å². The first-order valence-electron chi connectivity index (χ1n) is 6.87. The maximum Gasteiger partial charge on any atom is 0.257 e. The molecule has 1 aliphatic heterocycles. The van der Waals surface area contributed by atoms with Crippen molar-refractivity contribution in [2.24, 2.45) is 0 Å². The van der Waals surface area contributed by atoms with E-state index in [0.717, 1.165) is 32.2 Å². The minimum atomic E-state index is 0.106. The summed E-state index contributed by atoms with van der Waals surface area (Å²) in [6.07, 6.45) is 8.71. The van der Waals surface area contributed by atoms with Crippen molar-refractivity contribution in [3.63, 3.8) is 0 Å². The second-order valence-electron chi connectivity index (χ2n) is 5.25. The highest BCUT2D eigenvalue weighted by Crippen LogP contribution is 2.24. The van der Waals surface area contributed by atoms with Gasteiger partial charge in [-0.15, -0.1) is 0 Å². The zero-order valence-corrected chi connectivity index (χ0v) is 10.6. The van der Waals surface area contributed by atoms with Crippen LogP contribution in [0.4, 0.5) is 0 Å². The van der Waals surface area contributed by atoms with Gasteiger partial charge in [0, 0.05) is 38.4 Å². The minimum Gasteiger partial charge on any atom is -0.336 e. The molecule has 1 aromatic heterocycles. The van der Waals surface area contributed by atoms with Gasteiger partial charge in [-0.2, -0.15) is 5.10 Å². The van der Waals surface area contributed by atoms with Gasteiger partial charge in [-0.25, -0.2) is 0 Å². The van der Waals surface area contributed by atoms with E-state index in [1.807, 2.05) is 4.90 Å². The Bertz CT molecular complexity index is 389. The van der Waals surface area contributed by atoms with E-state index < -0.39 is 0 Å². The topological polar surface area (TPSA) is 52.2 Å². The fourth-order valence-corrected chi connectivity index (χ4v) is 3.11. The van der Waals surface area contributed by atoms with Gasteiger partial charge in [0.1, 0.15) is 0 Å². The van der Waals surface area contributed by atoms with Gasteiger partial charge in [0.25, 0.3) is 5.91 Å². The lowest BCUT2D eigenvalue weighted by Gasteiger charge is -2.37. The van der Waals surface area contributed by atoms with Crippen molar-refractivity contribution in [3.8, 4) is 0 Å². The van der Waals surface area contributed by atoms with E-state index in [1.165, 1.54) is 25.7 Å². The number of carbonyl (C=O) groups is 1. The van der Waals surface area contributed by atoms with E-state index in [1.54, 1.807) is 12.4 Å². The molecule has 2 aliphatic rings. The van der Waals surface area contributed by atoms with Crippen molar-refractivity contribution in [1.82, 2.24) is 20.0 Å². The zero-order chi connectivity index (χ0) is 12.4. The quantitative estimate of drug-likeness (QED) is 0.853. The van der Waals surface area contributed by atoms with Gasteiger partial charge >= 0.3 is 0 Å². The molecule has 98 valence electrons. The Kier molecular flexibility index (Phi) is 3.32. The van der Waals surface area contributed by atoms with Crippen LogP contribution in [0.5, 0.6) is 0 Å². The number of nitrogens with one attached hydrogen (secondary N) is 1. The van der Waals surface area contributed by atoms with Crippen molar-refractivity contribution in [1.29, 1.82) is 0 Å². The summed E-state index contributed by atoms with van der Waals surface area (Å²) in [7, 11) is 0. The minimum absolute atomic E-state index is 0.106. The largest absolute Gasteiger partial charge is 0.336 e. The number of aromatic nitrogens is 2. The van der Waals surface area contributed by atoms with E-state index in [0.29, 0.717) is 5.56 Å². The van der Waals surface area contributed by atoms with Crippen molar-refractivity contribution in [3.05, 3.63) is 18.0 Å². The maximum absolute atomic E-state index is 12.1. The van der Waals surface area contributed by atoms with Crippen LogP contribution in [0.3, 0.4) is 0 Å². The van der Waals surface area contributed by atoms with Crippen LogP contribution < -0.4 is 0 Å². The molecule has 0 aromatic carbocycles. The number of hydrogen-bond donors (Lipinski definition) is 1. The standard InChI is InChI=1S/C13H20N4O/c18-13(11-9-14-15-10-11)17-7-5-16(6-8-17)12-3-1-2-4-12/h9-10,12H,1-8H2,(H,14,15). The first-order chi connectivity index (χ1) is 8.84. The van der Waals surface area contributed by atoms with Gasteiger partial charge in [-0.1, -0.05) is 12.8 Å². The Balaban J connectivity index is 1.55. The van der Waals surface area contributed by atoms with Gasteiger partial charge in [0.2, 0.25) is 0 Å². The second kappa shape index (κ2) is 5.10. The summed E-state index contributed by atoms with van der Waals surface area (Å²) >= 11 is 0. The van der Waals surface area contributed by atoms with Crippen LogP contribution in [-0.4, -0.2) is 58.1 Å². The third kappa shape index (κ3) is 2.27. The average Bonchev–Trinajstić information content (AvgIpc) is 3.11. The SMILES string of the molecule is O=C(c1cn[nH]c1)N1CCN(C2CCCC2)CC1. The molecule has 0 bridgehead atoms. The number of carbonyl (C=O) groups excluding carboxylic acids is 1. The third-order valence-electron chi connectivity index (χ3n) is 4.19. The lowest BCUT2D eigenvalue weighted by Crippen LogP contribution is -2.51. The summed E-state index contributed by atoms with van der Waals surface area (Å²) in [5, 5.41) is 6.53. The normalized spacial score (nSPS) is 22.6. The Morgan fingerprint density at radius 3 is 2.56 bits per heavy atom. The molecule has 1 aromatic rings. The number of rotatable bonds is 2. The van der Waals surface area contributed by atoms with Crippen LogP contribution in [0.25, 0.3) is 0 Å². The molecule has 18 heavy (non-hydrogen) atoms. The molecule has 1 N–H and O–H groups in total. The molecule has 1 aliphatic carbocycles. The molecule has 0 unspecified atom stereocenters. The van der Waals surface area contributed by atoms with E-state index in [2.05, 4.69) is 15.1 Å². The van der Waals surface area contributed by atoms with Crippen molar-refractivity contribution in [2.45, 2.75) is 31.7 Å². The highest BCUT2D eigenvalue weighted by molar-refractivity contribution is 5.93. The highest BCUT2D eigenvalue weighted by atomic mass is 16.2. The molecular formula is C13H20N4O. The molecular weight excluding hydrogens is 228 g/mol. The van der Waals surface area contributed by atoms with E-state index in [4.69, 9.17) is 0 Å². The van der Waals surface area contributed by atoms with Crippen molar-refractivity contribution in [2.75, 3.05) is 26.2 Å². The van der Waals surface area contributed by atoms with Crippen LogP contribution in [0.2, 0.25) is 0 Å². The average molecular weight is 248 g/mol. The summed E-state index contributed by atoms with van der Waals surface area (Å²) < 4.78 is 0. The van der Waals surface area contributed by atoms with Crippen molar-refractivity contribution >= 4 is 5.91 Å². The Morgan fingerprint density at radius 1 is 1.22 bits per heavy atom. The molecule has 1 saturated heterocycles. The first kappa shape index (κ1) is 11.7. The lowest BCUT2D eigenvalue weighted by atomic mass is 10.1. The molecule has 1 saturated carbocycles. The van der Waals surface area contributed by atoms with Crippen molar-refractivity contribution < 1.29 is 4.79 Å². The smallest absolute Gasteiger partial charge is 0.257 e. The molecule has 1 amide bonds. The number of H-pyrrole nitrogens is 1. The summed E-state index contributed by atoms with van der Waals surface area (Å²) in [5.74, 6) is 0.106. The van der Waals surface area contributed by atoms with Crippen LogP contribution in [0.15, 0.2) is 12.4 Å². The highest BCUT2D eigenvalue weighted by Gasteiger charge is 2.28. The third-order valence-corrected chi connectivity index (χ3v) is 4.19. The van der Waals surface area contributed by atoms with E-state index >= 15 is 0 Å². The predicted molar refractivity (Wildman–Crippen MR) is 68.3 cm³/mol. The molecule has 5 heteroatoms. The van der Waals surface area contributed by atoms with Gasteiger partial charge < -0.3 is 4.90 Å². The predicted octanol–water partition coefficient (Wildman–Crippen LogP) is 1.11. The molecule has 3 rings (SSSR count). The fraction of sp³-hybridized carbons (Fsp3) is 0.692. The molecule has 0 atom stereocenters. The van der Waals surface area contributed by atoms with Crippen LogP contribution >= 0.6 is 0 Å². The fourth-order valence-electron chi connectivity index (χ4n) is 3.11. The summed E-state index contributed by atoms with van der Waals surface area (Å²) in [4.78, 5) is 16.6. The van der Waals surface area contributed by atoms with Gasteiger partial charge in [-0.3, -0.25) is 14.8 Å². The molecule has 2 fully saturated rings. The summed E-state index contributed by atoms with van der Waals surface area (Å²) in [6, 6.07) is 0.774. The van der Waals surface area contributed by atoms with Crippen LogP contribution in [0, 0.1) is 0 Å². The van der Waals surface area contributed by atoms with Gasteiger partial charge in [0.05, 0.1) is 11.8 Å². The molecule has 2 heterocycles.